The minimum absolute atomic E-state index is 0.278. The number of nitrogens with one attached hydrogen (secondary N) is 1. The first kappa shape index (κ1) is 15.2. The van der Waals surface area contributed by atoms with Crippen LogP contribution in [0.5, 0.6) is 0 Å². The minimum atomic E-state index is 0.278. The van der Waals surface area contributed by atoms with Crippen molar-refractivity contribution in [3.8, 4) is 0 Å². The van der Waals surface area contributed by atoms with Crippen LogP contribution in [-0.2, 0) is 7.05 Å². The Morgan fingerprint density at radius 1 is 1.21 bits per heavy atom. The molecule has 5 nitrogen and oxygen atoms in total. The molecule has 1 aliphatic heterocycles. The van der Waals surface area contributed by atoms with Crippen molar-refractivity contribution in [2.75, 3.05) is 6.54 Å². The third-order valence-electron chi connectivity index (χ3n) is 5.41. The van der Waals surface area contributed by atoms with E-state index in [-0.39, 0.29) is 5.76 Å². The summed E-state index contributed by atoms with van der Waals surface area (Å²) in [6.45, 7) is 2.49. The van der Waals surface area contributed by atoms with Gasteiger partial charge in [0.05, 0.1) is 23.2 Å². The van der Waals surface area contributed by atoms with E-state index in [1.165, 1.54) is 19.3 Å². The van der Waals surface area contributed by atoms with E-state index in [2.05, 4.69) is 17.0 Å². The summed E-state index contributed by atoms with van der Waals surface area (Å²) >= 11 is 0. The number of amidine groups is 1. The molecule has 1 aliphatic carbocycles. The van der Waals surface area contributed by atoms with E-state index in [0.29, 0.717) is 29.8 Å². The second kappa shape index (κ2) is 5.65. The van der Waals surface area contributed by atoms with E-state index in [1.54, 1.807) is 0 Å². The third-order valence-corrected chi connectivity index (χ3v) is 5.41. The Balaban J connectivity index is 1.72. The lowest BCUT2D eigenvalue weighted by Crippen LogP contribution is -2.38. The first-order valence-corrected chi connectivity index (χ1v) is 8.77. The van der Waals surface area contributed by atoms with Crippen molar-refractivity contribution >= 4 is 22.4 Å². The van der Waals surface area contributed by atoms with Crippen LogP contribution in [-0.4, -0.2) is 38.0 Å². The van der Waals surface area contributed by atoms with Gasteiger partial charge in [-0.25, -0.2) is 4.98 Å². The van der Waals surface area contributed by atoms with E-state index < -0.39 is 0 Å². The van der Waals surface area contributed by atoms with Gasteiger partial charge in [-0.1, -0.05) is 25.3 Å². The lowest BCUT2D eigenvalue weighted by molar-refractivity contribution is 0.241. The molecule has 0 spiro atoms. The fourth-order valence-electron chi connectivity index (χ4n) is 4.07. The molecule has 0 amide bonds. The number of aromatic nitrogens is 2. The van der Waals surface area contributed by atoms with Crippen LogP contribution in [0.1, 0.15) is 43.5 Å². The largest absolute Gasteiger partial charge is 0.510 e. The van der Waals surface area contributed by atoms with Crippen LogP contribution in [0.2, 0.25) is 0 Å². The van der Waals surface area contributed by atoms with Gasteiger partial charge in [0.1, 0.15) is 17.4 Å². The maximum Gasteiger partial charge on any atom is 0.148 e. The monoisotopic (exact) mass is 324 g/mol. The van der Waals surface area contributed by atoms with Gasteiger partial charge in [0.2, 0.25) is 0 Å². The predicted octanol–water partition coefficient (Wildman–Crippen LogP) is 3.78. The fraction of sp³-hybridized carbons (Fsp3) is 0.474. The van der Waals surface area contributed by atoms with Crippen LogP contribution in [0.3, 0.4) is 0 Å². The normalized spacial score (nSPS) is 19.8. The van der Waals surface area contributed by atoms with Gasteiger partial charge in [0, 0.05) is 13.1 Å². The number of fused-ring (bicyclic) bond motifs is 1. The second-order valence-electron chi connectivity index (χ2n) is 7.08. The summed E-state index contributed by atoms with van der Waals surface area (Å²) in [7, 11) is 1.96. The van der Waals surface area contributed by atoms with Gasteiger partial charge in [-0.3, -0.25) is 5.41 Å². The molecule has 0 saturated heterocycles. The molecule has 0 atom stereocenters. The molecule has 4 rings (SSSR count). The molecule has 2 heterocycles. The number of aryl methyl sites for hydroxylation is 2. The zero-order valence-electron chi connectivity index (χ0n) is 14.3. The Bertz CT molecular complexity index is 842. The molecule has 5 heteroatoms. The molecule has 1 aromatic heterocycles. The van der Waals surface area contributed by atoms with Gasteiger partial charge in [-0.15, -0.1) is 0 Å². The standard InChI is InChI=1S/C19H24N4O/c1-12-8-9-15-14(10-12)21-19(22(15)2)17-16(24)11-23(18(17)20)13-6-4-3-5-7-13/h8-10,13,20,24H,3-7,11H2,1-2H3. The maximum atomic E-state index is 10.6. The number of imidazole rings is 1. The summed E-state index contributed by atoms with van der Waals surface area (Å²) in [6.07, 6.45) is 5.95. The number of hydrogen-bond donors (Lipinski definition) is 2. The average molecular weight is 324 g/mol. The highest BCUT2D eigenvalue weighted by Gasteiger charge is 2.35. The van der Waals surface area contributed by atoms with Crippen LogP contribution >= 0.6 is 0 Å². The quantitative estimate of drug-likeness (QED) is 0.883. The molecule has 1 saturated carbocycles. The third kappa shape index (κ3) is 2.30. The number of hydrogen-bond acceptors (Lipinski definition) is 3. The summed E-state index contributed by atoms with van der Waals surface area (Å²) < 4.78 is 1.99. The summed E-state index contributed by atoms with van der Waals surface area (Å²) in [5, 5.41) is 19.2. The lowest BCUT2D eigenvalue weighted by atomic mass is 9.94. The van der Waals surface area contributed by atoms with Crippen LogP contribution in [0, 0.1) is 12.3 Å². The highest BCUT2D eigenvalue weighted by molar-refractivity contribution is 6.23. The lowest BCUT2D eigenvalue weighted by Gasteiger charge is -2.32. The summed E-state index contributed by atoms with van der Waals surface area (Å²) in [6, 6.07) is 6.54. The van der Waals surface area contributed by atoms with Gasteiger partial charge in [0.15, 0.2) is 0 Å². The summed E-state index contributed by atoms with van der Waals surface area (Å²) in [4.78, 5) is 6.78. The number of aliphatic hydroxyl groups is 1. The van der Waals surface area contributed by atoms with Crippen molar-refractivity contribution in [3.05, 3.63) is 35.3 Å². The maximum absolute atomic E-state index is 10.6. The molecular formula is C19H24N4O. The van der Waals surface area contributed by atoms with Crippen molar-refractivity contribution in [2.24, 2.45) is 7.05 Å². The molecule has 1 aromatic carbocycles. The molecule has 126 valence electrons. The average Bonchev–Trinajstić information content (AvgIpc) is 3.04. The van der Waals surface area contributed by atoms with E-state index in [4.69, 9.17) is 10.4 Å². The molecule has 1 fully saturated rings. The van der Waals surface area contributed by atoms with Gasteiger partial charge >= 0.3 is 0 Å². The van der Waals surface area contributed by atoms with Gasteiger partial charge in [0.25, 0.3) is 0 Å². The number of rotatable bonds is 2. The highest BCUT2D eigenvalue weighted by Crippen LogP contribution is 2.33. The predicted molar refractivity (Wildman–Crippen MR) is 96.3 cm³/mol. The second-order valence-corrected chi connectivity index (χ2v) is 7.08. The van der Waals surface area contributed by atoms with Gasteiger partial charge in [-0.05, 0) is 37.5 Å². The number of benzene rings is 1. The van der Waals surface area contributed by atoms with Crippen LogP contribution in [0.4, 0.5) is 0 Å². The fourth-order valence-corrected chi connectivity index (χ4v) is 4.07. The van der Waals surface area contributed by atoms with Crippen LogP contribution in [0.25, 0.3) is 16.6 Å². The van der Waals surface area contributed by atoms with E-state index in [9.17, 15) is 5.11 Å². The van der Waals surface area contributed by atoms with E-state index >= 15 is 0 Å². The van der Waals surface area contributed by atoms with Gasteiger partial charge < -0.3 is 14.6 Å². The number of nitrogens with zero attached hydrogens (tertiary/aromatic N) is 3. The SMILES string of the molecule is Cc1ccc2c(c1)nc(C1=C(O)CN(C3CCCCC3)C1=N)n2C. The topological polar surface area (TPSA) is 65.1 Å². The van der Waals surface area contributed by atoms with Crippen molar-refractivity contribution in [1.82, 2.24) is 14.5 Å². The summed E-state index contributed by atoms with van der Waals surface area (Å²) in [5.41, 5.74) is 3.70. The zero-order valence-corrected chi connectivity index (χ0v) is 14.3. The van der Waals surface area contributed by atoms with E-state index in [1.807, 2.05) is 24.6 Å². The molecule has 0 radical (unpaired) electrons. The first-order valence-electron chi connectivity index (χ1n) is 8.77. The van der Waals surface area contributed by atoms with E-state index in [0.717, 1.165) is 29.4 Å². The van der Waals surface area contributed by atoms with Crippen molar-refractivity contribution in [1.29, 1.82) is 5.41 Å². The smallest absolute Gasteiger partial charge is 0.148 e. The van der Waals surface area contributed by atoms with Crippen molar-refractivity contribution < 1.29 is 5.11 Å². The molecule has 24 heavy (non-hydrogen) atoms. The molecule has 2 N–H and O–H groups in total. The highest BCUT2D eigenvalue weighted by atomic mass is 16.3. The molecular weight excluding hydrogens is 300 g/mol. The Labute approximate surface area is 142 Å². The number of aliphatic hydroxyl groups excluding tert-OH is 1. The molecule has 0 unspecified atom stereocenters. The minimum Gasteiger partial charge on any atom is -0.510 e. The Kier molecular flexibility index (Phi) is 3.59. The molecule has 0 bridgehead atoms. The summed E-state index contributed by atoms with van der Waals surface area (Å²) in [5.74, 6) is 1.40. The first-order chi connectivity index (χ1) is 11.6. The Morgan fingerprint density at radius 3 is 2.71 bits per heavy atom. The van der Waals surface area contributed by atoms with Crippen molar-refractivity contribution in [3.63, 3.8) is 0 Å². The van der Waals surface area contributed by atoms with Crippen LogP contribution < -0.4 is 0 Å². The van der Waals surface area contributed by atoms with Crippen molar-refractivity contribution in [2.45, 2.75) is 45.1 Å². The Hall–Kier alpha value is -2.30. The zero-order chi connectivity index (χ0) is 16.8. The van der Waals surface area contributed by atoms with Crippen LogP contribution in [0.15, 0.2) is 24.0 Å². The van der Waals surface area contributed by atoms with Gasteiger partial charge in [-0.2, -0.15) is 0 Å². The Morgan fingerprint density at radius 2 is 1.96 bits per heavy atom. The molecule has 2 aromatic rings. The molecule has 2 aliphatic rings.